The Morgan fingerprint density at radius 3 is 2.85 bits per heavy atom. The van der Waals surface area contributed by atoms with Crippen LogP contribution >= 0.6 is 0 Å². The van der Waals surface area contributed by atoms with Gasteiger partial charge in [0.25, 0.3) is 5.69 Å². The maximum Gasteiger partial charge on any atom is 0.273 e. The van der Waals surface area contributed by atoms with Gasteiger partial charge in [0, 0.05) is 13.0 Å². The number of benzene rings is 1. The van der Waals surface area contributed by atoms with Crippen LogP contribution in [0.5, 0.6) is 5.75 Å². The van der Waals surface area contributed by atoms with Crippen LogP contribution in [0.15, 0.2) is 24.3 Å². The molecule has 148 valence electrons. The fourth-order valence-corrected chi connectivity index (χ4v) is 3.14. The maximum absolute atomic E-state index is 11.6. The first kappa shape index (κ1) is 19.5. The first-order valence-electron chi connectivity index (χ1n) is 8.50. The summed E-state index contributed by atoms with van der Waals surface area (Å²) < 4.78 is 22.9. The molecule has 0 saturated carbocycles. The Bertz CT molecular complexity index is 725. The number of rotatable bonds is 4. The number of carbonyl (C=O) groups is 1. The van der Waals surface area contributed by atoms with Gasteiger partial charge in [0.15, 0.2) is 5.79 Å². The van der Waals surface area contributed by atoms with Crippen LogP contribution in [-0.4, -0.2) is 59.0 Å². The summed E-state index contributed by atoms with van der Waals surface area (Å²) >= 11 is 0. The van der Waals surface area contributed by atoms with Crippen LogP contribution in [0.2, 0.25) is 0 Å². The van der Waals surface area contributed by atoms with Gasteiger partial charge in [-0.2, -0.15) is 0 Å². The van der Waals surface area contributed by atoms with Crippen molar-refractivity contribution in [1.29, 1.82) is 0 Å². The van der Waals surface area contributed by atoms with Gasteiger partial charge in [0.05, 0.1) is 17.6 Å². The quantitative estimate of drug-likeness (QED) is 0.575. The standard InChI is InChI=1S/C17H22N2O8/c1-9(20)18-13-14(21)15-12(8-24-17(2,3)27-15)26-16(13)25-11-6-4-5-10(7-11)19(22)23/h4-7,12-16,21H,8H2,1-3H3,(H,18,20)/t12-,13+,14+,15+,16+/m1/s1. The lowest BCUT2D eigenvalue weighted by Gasteiger charge is -2.49. The van der Waals surface area contributed by atoms with E-state index in [1.165, 1.54) is 31.2 Å². The van der Waals surface area contributed by atoms with Crippen LogP contribution in [-0.2, 0) is 19.0 Å². The van der Waals surface area contributed by atoms with Gasteiger partial charge in [-0.05, 0) is 19.9 Å². The Morgan fingerprint density at radius 1 is 1.44 bits per heavy atom. The average molecular weight is 382 g/mol. The lowest BCUT2D eigenvalue weighted by Crippen LogP contribution is -2.69. The minimum atomic E-state index is -1.13. The number of non-ortho nitro benzene ring substituents is 1. The van der Waals surface area contributed by atoms with E-state index < -0.39 is 41.4 Å². The van der Waals surface area contributed by atoms with Crippen LogP contribution in [0.25, 0.3) is 0 Å². The molecule has 5 atom stereocenters. The topological polar surface area (TPSA) is 129 Å². The molecule has 2 fully saturated rings. The lowest BCUT2D eigenvalue weighted by atomic mass is 9.95. The number of nitrogens with one attached hydrogen (secondary N) is 1. The summed E-state index contributed by atoms with van der Waals surface area (Å²) in [7, 11) is 0. The number of aliphatic hydroxyl groups is 1. The van der Waals surface area contributed by atoms with Crippen molar-refractivity contribution in [3.8, 4) is 5.75 Å². The zero-order valence-electron chi connectivity index (χ0n) is 15.2. The van der Waals surface area contributed by atoms with Gasteiger partial charge < -0.3 is 29.4 Å². The Kier molecular flexibility index (Phi) is 5.33. The minimum absolute atomic E-state index is 0.149. The molecule has 2 heterocycles. The molecule has 0 spiro atoms. The van der Waals surface area contributed by atoms with E-state index >= 15 is 0 Å². The molecule has 0 aromatic heterocycles. The summed E-state index contributed by atoms with van der Waals surface area (Å²) in [4.78, 5) is 22.0. The zero-order valence-corrected chi connectivity index (χ0v) is 15.2. The SMILES string of the molecule is CC(=O)N[C@@H]1[C@@H](Oc2cccc([N+](=O)[O-])c2)O[C@@H]2COC(C)(C)O[C@@H]2[C@H]1O. The second-order valence-corrected chi connectivity index (χ2v) is 6.93. The van der Waals surface area contributed by atoms with Crippen LogP contribution in [0, 0.1) is 10.1 Å². The summed E-state index contributed by atoms with van der Waals surface area (Å²) in [6, 6.07) is 4.63. The van der Waals surface area contributed by atoms with Crippen LogP contribution < -0.4 is 10.1 Å². The first-order chi connectivity index (χ1) is 12.7. The molecule has 2 N–H and O–H groups in total. The van der Waals surface area contributed by atoms with Gasteiger partial charge in [0.2, 0.25) is 12.2 Å². The average Bonchev–Trinajstić information content (AvgIpc) is 2.59. The number of hydrogen-bond acceptors (Lipinski definition) is 8. The highest BCUT2D eigenvalue weighted by molar-refractivity contribution is 5.73. The predicted molar refractivity (Wildman–Crippen MR) is 90.9 cm³/mol. The molecule has 10 heteroatoms. The number of nitro benzene ring substituents is 1. The van der Waals surface area contributed by atoms with Gasteiger partial charge >= 0.3 is 0 Å². The highest BCUT2D eigenvalue weighted by atomic mass is 16.8. The van der Waals surface area contributed by atoms with Crippen molar-refractivity contribution >= 4 is 11.6 Å². The highest BCUT2D eigenvalue weighted by Gasteiger charge is 2.52. The smallest absolute Gasteiger partial charge is 0.273 e. The molecule has 1 aromatic carbocycles. The third-order valence-corrected chi connectivity index (χ3v) is 4.34. The van der Waals surface area contributed by atoms with Gasteiger partial charge in [-0.15, -0.1) is 0 Å². The Balaban J connectivity index is 1.83. The number of hydrogen-bond donors (Lipinski definition) is 2. The Hall–Kier alpha value is -2.27. The molecule has 2 aliphatic rings. The number of ether oxygens (including phenoxy) is 4. The monoisotopic (exact) mass is 382 g/mol. The van der Waals surface area contributed by atoms with E-state index in [4.69, 9.17) is 18.9 Å². The van der Waals surface area contributed by atoms with Gasteiger partial charge in [-0.25, -0.2) is 0 Å². The molecule has 10 nitrogen and oxygen atoms in total. The molecule has 0 bridgehead atoms. The van der Waals surface area contributed by atoms with Crippen molar-refractivity contribution in [2.24, 2.45) is 0 Å². The van der Waals surface area contributed by atoms with Gasteiger partial charge in [0.1, 0.15) is 30.1 Å². The molecule has 1 amide bonds. The van der Waals surface area contributed by atoms with Crippen molar-refractivity contribution in [2.75, 3.05) is 6.61 Å². The number of carbonyl (C=O) groups excluding carboxylic acids is 1. The molecule has 27 heavy (non-hydrogen) atoms. The third-order valence-electron chi connectivity index (χ3n) is 4.34. The number of nitro groups is 1. The zero-order chi connectivity index (χ0) is 19.8. The van der Waals surface area contributed by atoms with Crippen molar-refractivity contribution in [3.63, 3.8) is 0 Å². The summed E-state index contributed by atoms with van der Waals surface area (Å²) in [5.41, 5.74) is -0.149. The molecule has 0 unspecified atom stereocenters. The Morgan fingerprint density at radius 2 is 2.19 bits per heavy atom. The molecular weight excluding hydrogens is 360 g/mol. The molecular formula is C17H22N2O8. The van der Waals surface area contributed by atoms with Crippen molar-refractivity contribution in [3.05, 3.63) is 34.4 Å². The van der Waals surface area contributed by atoms with Gasteiger partial charge in [-0.1, -0.05) is 6.07 Å². The molecule has 2 saturated heterocycles. The predicted octanol–water partition coefficient (Wildman–Crippen LogP) is 0.716. The van der Waals surface area contributed by atoms with E-state index in [0.717, 1.165) is 0 Å². The molecule has 3 rings (SSSR count). The van der Waals surface area contributed by atoms with E-state index in [1.807, 2.05) is 0 Å². The lowest BCUT2D eigenvalue weighted by molar-refractivity contribution is -0.385. The summed E-state index contributed by atoms with van der Waals surface area (Å²) in [6.45, 7) is 4.90. The van der Waals surface area contributed by atoms with Crippen LogP contribution in [0.3, 0.4) is 0 Å². The number of fused-ring (bicyclic) bond motifs is 1. The van der Waals surface area contributed by atoms with Crippen molar-refractivity contribution < 1.29 is 33.8 Å². The van der Waals surface area contributed by atoms with E-state index in [9.17, 15) is 20.0 Å². The second kappa shape index (κ2) is 7.39. The van der Waals surface area contributed by atoms with E-state index in [2.05, 4.69) is 5.32 Å². The second-order valence-electron chi connectivity index (χ2n) is 6.93. The van der Waals surface area contributed by atoms with E-state index in [1.54, 1.807) is 13.8 Å². The van der Waals surface area contributed by atoms with Crippen LogP contribution in [0.1, 0.15) is 20.8 Å². The normalized spacial score (nSPS) is 32.2. The largest absolute Gasteiger partial charge is 0.462 e. The highest BCUT2D eigenvalue weighted by Crippen LogP contribution is 2.33. The fraction of sp³-hybridized carbons (Fsp3) is 0.588. The van der Waals surface area contributed by atoms with Crippen molar-refractivity contribution in [1.82, 2.24) is 5.32 Å². The number of aliphatic hydroxyl groups excluding tert-OH is 1. The van der Waals surface area contributed by atoms with Crippen LogP contribution in [0.4, 0.5) is 5.69 Å². The molecule has 1 aromatic rings. The summed E-state index contributed by atoms with van der Waals surface area (Å²) in [6.07, 6.45) is -3.56. The van der Waals surface area contributed by atoms with Crippen molar-refractivity contribution in [2.45, 2.75) is 57.2 Å². The fourth-order valence-electron chi connectivity index (χ4n) is 3.14. The third kappa shape index (κ3) is 4.35. The van der Waals surface area contributed by atoms with E-state index in [0.29, 0.717) is 0 Å². The number of nitrogens with zero attached hydrogens (tertiary/aromatic N) is 1. The molecule has 0 radical (unpaired) electrons. The van der Waals surface area contributed by atoms with Gasteiger partial charge in [-0.3, -0.25) is 14.9 Å². The minimum Gasteiger partial charge on any atom is -0.462 e. The summed E-state index contributed by atoms with van der Waals surface area (Å²) in [5, 5.41) is 24.3. The summed E-state index contributed by atoms with van der Waals surface area (Å²) in [5.74, 6) is -1.12. The maximum atomic E-state index is 11.6. The molecule has 2 aliphatic heterocycles. The number of amides is 1. The first-order valence-corrected chi connectivity index (χ1v) is 8.50. The Labute approximate surface area is 155 Å². The van der Waals surface area contributed by atoms with E-state index in [-0.39, 0.29) is 24.0 Å². The molecule has 0 aliphatic carbocycles.